The molecule has 0 fully saturated rings. The molecule has 7 heteroatoms. The summed E-state index contributed by atoms with van der Waals surface area (Å²) in [7, 11) is 0. The lowest BCUT2D eigenvalue weighted by molar-refractivity contribution is 0.0955. The van der Waals surface area contributed by atoms with E-state index in [2.05, 4.69) is 10.5 Å². The van der Waals surface area contributed by atoms with Gasteiger partial charge in [0, 0.05) is 27.7 Å². The van der Waals surface area contributed by atoms with Crippen LogP contribution in [0.4, 0.5) is 0 Å². The summed E-state index contributed by atoms with van der Waals surface area (Å²) in [6.07, 6.45) is 1.31. The number of phenolic OH excluding ortho intramolecular Hbond substituents is 1. The maximum Gasteiger partial charge on any atom is 0.272 e. The molecular formula is C20H17Cl2N3O2. The first-order valence-electron chi connectivity index (χ1n) is 8.13. The Morgan fingerprint density at radius 1 is 1.07 bits per heavy atom. The monoisotopic (exact) mass is 401 g/mol. The number of hydrogen-bond donors (Lipinski definition) is 2. The van der Waals surface area contributed by atoms with Crippen LogP contribution >= 0.6 is 23.2 Å². The van der Waals surface area contributed by atoms with Gasteiger partial charge < -0.3 is 9.67 Å². The van der Waals surface area contributed by atoms with E-state index in [4.69, 9.17) is 23.2 Å². The van der Waals surface area contributed by atoms with E-state index in [1.165, 1.54) is 18.3 Å². The number of amides is 1. The summed E-state index contributed by atoms with van der Waals surface area (Å²) in [5.41, 5.74) is 6.12. The zero-order chi connectivity index (χ0) is 19.6. The molecule has 0 bridgehead atoms. The molecule has 1 aromatic heterocycles. The Kier molecular flexibility index (Phi) is 5.54. The van der Waals surface area contributed by atoms with Gasteiger partial charge in [-0.1, -0.05) is 23.2 Å². The second-order valence-electron chi connectivity index (χ2n) is 6.02. The van der Waals surface area contributed by atoms with Gasteiger partial charge in [-0.15, -0.1) is 0 Å². The molecule has 0 radical (unpaired) electrons. The number of phenols is 1. The van der Waals surface area contributed by atoms with Crippen molar-refractivity contribution in [3.63, 3.8) is 0 Å². The van der Waals surface area contributed by atoms with Crippen molar-refractivity contribution < 1.29 is 9.90 Å². The number of aromatic nitrogens is 1. The average molecular weight is 402 g/mol. The molecule has 138 valence electrons. The molecule has 5 nitrogen and oxygen atoms in total. The van der Waals surface area contributed by atoms with Crippen LogP contribution in [-0.2, 0) is 0 Å². The lowest BCUT2D eigenvalue weighted by atomic mass is 10.2. The Morgan fingerprint density at radius 3 is 2.44 bits per heavy atom. The van der Waals surface area contributed by atoms with E-state index >= 15 is 0 Å². The highest BCUT2D eigenvalue weighted by Crippen LogP contribution is 2.23. The number of aromatic hydroxyl groups is 1. The number of carbonyl (C=O) groups excluding carboxylic acids is 1. The molecule has 0 atom stereocenters. The number of rotatable bonds is 4. The smallest absolute Gasteiger partial charge is 0.272 e. The van der Waals surface area contributed by atoms with E-state index < -0.39 is 5.91 Å². The Balaban J connectivity index is 1.77. The molecule has 3 aromatic rings. The average Bonchev–Trinajstić information content (AvgIpc) is 2.96. The minimum Gasteiger partial charge on any atom is -0.507 e. The number of nitrogens with zero attached hydrogens (tertiary/aromatic N) is 2. The van der Waals surface area contributed by atoms with Crippen LogP contribution in [0.15, 0.2) is 53.6 Å². The van der Waals surface area contributed by atoms with Gasteiger partial charge in [-0.3, -0.25) is 4.79 Å². The molecule has 0 unspecified atom stereocenters. The van der Waals surface area contributed by atoms with Gasteiger partial charge in [-0.05, 0) is 62.4 Å². The molecule has 2 aromatic carbocycles. The van der Waals surface area contributed by atoms with Crippen LogP contribution in [0, 0.1) is 13.8 Å². The van der Waals surface area contributed by atoms with Crippen molar-refractivity contribution in [2.24, 2.45) is 5.10 Å². The Morgan fingerprint density at radius 2 is 1.78 bits per heavy atom. The molecule has 2 N–H and O–H groups in total. The summed E-state index contributed by atoms with van der Waals surface area (Å²) >= 11 is 12.2. The van der Waals surface area contributed by atoms with Crippen LogP contribution in [-0.4, -0.2) is 21.8 Å². The fraction of sp³-hybridized carbons (Fsp3) is 0.100. The minimum atomic E-state index is -0.453. The zero-order valence-electron chi connectivity index (χ0n) is 14.7. The number of aryl methyl sites for hydroxylation is 2. The van der Waals surface area contributed by atoms with Gasteiger partial charge in [0.2, 0.25) is 0 Å². The lowest BCUT2D eigenvalue weighted by Crippen LogP contribution is -2.18. The quantitative estimate of drug-likeness (QED) is 0.483. The number of benzene rings is 2. The van der Waals surface area contributed by atoms with E-state index in [-0.39, 0.29) is 5.75 Å². The van der Waals surface area contributed by atoms with Crippen LogP contribution in [0.5, 0.6) is 5.75 Å². The molecular weight excluding hydrogens is 385 g/mol. The molecule has 0 saturated carbocycles. The minimum absolute atomic E-state index is 0.0113. The molecule has 0 aliphatic carbocycles. The highest BCUT2D eigenvalue weighted by Gasteiger charge is 2.12. The highest BCUT2D eigenvalue weighted by atomic mass is 35.5. The molecule has 1 amide bonds. The van der Waals surface area contributed by atoms with E-state index in [1.54, 1.807) is 18.2 Å². The fourth-order valence-electron chi connectivity index (χ4n) is 2.75. The van der Waals surface area contributed by atoms with E-state index in [9.17, 15) is 9.90 Å². The van der Waals surface area contributed by atoms with Crippen molar-refractivity contribution in [1.82, 2.24) is 9.99 Å². The molecule has 1 heterocycles. The first-order valence-corrected chi connectivity index (χ1v) is 8.89. The largest absolute Gasteiger partial charge is 0.507 e. The fourth-order valence-corrected chi connectivity index (χ4v) is 3.19. The van der Waals surface area contributed by atoms with Crippen LogP contribution in [0.1, 0.15) is 27.3 Å². The number of nitrogens with one attached hydrogen (secondary N) is 1. The van der Waals surface area contributed by atoms with Gasteiger partial charge in [0.05, 0.1) is 16.8 Å². The Bertz CT molecular complexity index is 1020. The van der Waals surface area contributed by atoms with Crippen molar-refractivity contribution in [2.75, 3.05) is 0 Å². The van der Waals surface area contributed by atoms with E-state index in [0.29, 0.717) is 21.2 Å². The number of carbonyl (C=O) groups is 1. The van der Waals surface area contributed by atoms with Crippen molar-refractivity contribution in [2.45, 2.75) is 13.8 Å². The number of halogens is 2. The topological polar surface area (TPSA) is 66.6 Å². The summed E-state index contributed by atoms with van der Waals surface area (Å²) < 4.78 is 2.05. The third-order valence-corrected chi connectivity index (χ3v) is 4.63. The lowest BCUT2D eigenvalue weighted by Gasteiger charge is -2.11. The van der Waals surface area contributed by atoms with Crippen LogP contribution in [0.3, 0.4) is 0 Å². The molecule has 0 aliphatic heterocycles. The van der Waals surface area contributed by atoms with Gasteiger partial charge in [0.1, 0.15) is 5.75 Å². The van der Waals surface area contributed by atoms with Crippen LogP contribution in [0.2, 0.25) is 10.0 Å². The maximum absolute atomic E-state index is 12.3. The summed E-state index contributed by atoms with van der Waals surface area (Å²) in [6, 6.07) is 13.8. The first kappa shape index (κ1) is 19.0. The summed E-state index contributed by atoms with van der Waals surface area (Å²) in [5.74, 6) is -0.442. The van der Waals surface area contributed by atoms with Gasteiger partial charge >= 0.3 is 0 Å². The zero-order valence-corrected chi connectivity index (χ0v) is 16.2. The molecule has 27 heavy (non-hydrogen) atoms. The van der Waals surface area contributed by atoms with Crippen molar-refractivity contribution >= 4 is 35.3 Å². The number of hydrazone groups is 1. The maximum atomic E-state index is 12.3. The first-order chi connectivity index (χ1) is 12.9. The van der Waals surface area contributed by atoms with E-state index in [0.717, 1.165) is 17.1 Å². The van der Waals surface area contributed by atoms with Gasteiger partial charge in [-0.25, -0.2) is 5.43 Å². The Labute approximate surface area is 166 Å². The second kappa shape index (κ2) is 7.86. The second-order valence-corrected chi connectivity index (χ2v) is 6.86. The Hall–Kier alpha value is -2.76. The van der Waals surface area contributed by atoms with Gasteiger partial charge in [-0.2, -0.15) is 5.10 Å². The van der Waals surface area contributed by atoms with Crippen LogP contribution < -0.4 is 5.43 Å². The predicted molar refractivity (Wildman–Crippen MR) is 108 cm³/mol. The van der Waals surface area contributed by atoms with Gasteiger partial charge in [0.15, 0.2) is 0 Å². The molecule has 0 aliphatic rings. The SMILES string of the molecule is Cc1ccc(C)n1-c1ccc(C(=O)N/N=C\c2cc(Cl)ccc2O)c(Cl)c1. The third kappa shape index (κ3) is 4.15. The van der Waals surface area contributed by atoms with Gasteiger partial charge in [0.25, 0.3) is 5.91 Å². The van der Waals surface area contributed by atoms with Crippen molar-refractivity contribution in [1.29, 1.82) is 0 Å². The predicted octanol–water partition coefficient (Wildman–Crippen LogP) is 4.87. The summed E-state index contributed by atoms with van der Waals surface area (Å²) in [6.45, 7) is 4.00. The summed E-state index contributed by atoms with van der Waals surface area (Å²) in [5, 5.41) is 14.4. The van der Waals surface area contributed by atoms with Crippen molar-refractivity contribution in [3.8, 4) is 11.4 Å². The van der Waals surface area contributed by atoms with Crippen LogP contribution in [0.25, 0.3) is 5.69 Å². The standard InChI is InChI=1S/C20H17Cl2N3O2/c1-12-3-4-13(2)25(12)16-6-7-17(18(22)10-16)20(27)24-23-11-14-9-15(21)5-8-19(14)26/h3-11,26H,1-2H3,(H,24,27)/b23-11-. The normalized spacial score (nSPS) is 11.1. The highest BCUT2D eigenvalue weighted by molar-refractivity contribution is 6.34. The summed E-state index contributed by atoms with van der Waals surface area (Å²) in [4.78, 5) is 12.3. The molecule has 0 spiro atoms. The third-order valence-electron chi connectivity index (χ3n) is 4.09. The molecule has 0 saturated heterocycles. The molecule has 3 rings (SSSR count). The van der Waals surface area contributed by atoms with Crippen molar-refractivity contribution in [3.05, 3.63) is 81.1 Å². The van der Waals surface area contributed by atoms with E-state index in [1.807, 2.05) is 36.6 Å². The number of hydrogen-bond acceptors (Lipinski definition) is 3.